The van der Waals surface area contributed by atoms with E-state index in [1.165, 1.54) is 12.8 Å². The van der Waals surface area contributed by atoms with Gasteiger partial charge in [-0.1, -0.05) is 20.3 Å². The van der Waals surface area contributed by atoms with Gasteiger partial charge in [-0.25, -0.2) is 4.98 Å². The van der Waals surface area contributed by atoms with Crippen molar-refractivity contribution in [1.29, 1.82) is 0 Å². The van der Waals surface area contributed by atoms with Crippen LogP contribution >= 0.6 is 0 Å². The number of hydrogen-bond acceptors (Lipinski definition) is 2. The summed E-state index contributed by atoms with van der Waals surface area (Å²) in [6, 6.07) is 0. The molecule has 0 saturated heterocycles. The molecule has 0 bridgehead atoms. The second-order valence-electron chi connectivity index (χ2n) is 3.68. The molecule has 0 radical (unpaired) electrons. The van der Waals surface area contributed by atoms with Crippen LogP contribution in [0.5, 0.6) is 0 Å². The molecule has 14 heavy (non-hydrogen) atoms. The molecule has 74 valence electrons. The summed E-state index contributed by atoms with van der Waals surface area (Å²) in [6.45, 7) is 4.42. The van der Waals surface area contributed by atoms with E-state index in [4.69, 9.17) is 0 Å². The Kier molecular flexibility index (Phi) is 2.48. The lowest BCUT2D eigenvalue weighted by Gasteiger charge is -2.08. The number of imidazole rings is 1. The minimum absolute atomic E-state index is 0.518. The predicted molar refractivity (Wildman–Crippen MR) is 56.3 cm³/mol. The van der Waals surface area contributed by atoms with E-state index in [1.807, 2.05) is 18.6 Å². The van der Waals surface area contributed by atoms with Crippen molar-refractivity contribution in [2.75, 3.05) is 0 Å². The Bertz CT molecular complexity index is 419. The summed E-state index contributed by atoms with van der Waals surface area (Å²) in [5, 5.41) is 0. The van der Waals surface area contributed by atoms with Gasteiger partial charge in [0.1, 0.15) is 5.82 Å². The van der Waals surface area contributed by atoms with Gasteiger partial charge in [-0.2, -0.15) is 0 Å². The van der Waals surface area contributed by atoms with E-state index in [-0.39, 0.29) is 0 Å². The number of fused-ring (bicyclic) bond motifs is 1. The third kappa shape index (κ3) is 1.50. The van der Waals surface area contributed by atoms with Gasteiger partial charge in [0.05, 0.1) is 17.9 Å². The van der Waals surface area contributed by atoms with Crippen LogP contribution in [0.3, 0.4) is 0 Å². The zero-order valence-electron chi connectivity index (χ0n) is 8.64. The highest BCUT2D eigenvalue weighted by Crippen LogP contribution is 2.19. The SMILES string of the molecule is CCCC(C)c1ncc2cnccn12. The molecule has 2 heterocycles. The average Bonchev–Trinajstić information content (AvgIpc) is 2.61. The van der Waals surface area contributed by atoms with E-state index in [0.29, 0.717) is 5.92 Å². The van der Waals surface area contributed by atoms with Crippen molar-refractivity contribution >= 4 is 5.52 Å². The van der Waals surface area contributed by atoms with Gasteiger partial charge >= 0.3 is 0 Å². The maximum Gasteiger partial charge on any atom is 0.116 e. The van der Waals surface area contributed by atoms with Crippen LogP contribution in [0.25, 0.3) is 5.52 Å². The fraction of sp³-hybridized carbons (Fsp3) is 0.455. The van der Waals surface area contributed by atoms with E-state index < -0.39 is 0 Å². The fourth-order valence-corrected chi connectivity index (χ4v) is 1.80. The van der Waals surface area contributed by atoms with E-state index in [0.717, 1.165) is 11.3 Å². The van der Waals surface area contributed by atoms with Crippen LogP contribution in [0.15, 0.2) is 24.8 Å². The predicted octanol–water partition coefficient (Wildman–Crippen LogP) is 2.63. The molecule has 0 aliphatic heterocycles. The lowest BCUT2D eigenvalue weighted by molar-refractivity contribution is 0.624. The number of aromatic nitrogens is 3. The Morgan fingerprint density at radius 1 is 1.43 bits per heavy atom. The molecule has 3 nitrogen and oxygen atoms in total. The van der Waals surface area contributed by atoms with E-state index >= 15 is 0 Å². The molecule has 0 aliphatic carbocycles. The van der Waals surface area contributed by atoms with Crippen LogP contribution in [0.2, 0.25) is 0 Å². The molecule has 1 atom stereocenters. The summed E-state index contributed by atoms with van der Waals surface area (Å²) < 4.78 is 2.12. The highest BCUT2D eigenvalue weighted by Gasteiger charge is 2.10. The molecular formula is C11H15N3. The lowest BCUT2D eigenvalue weighted by Crippen LogP contribution is -2.00. The topological polar surface area (TPSA) is 30.2 Å². The second kappa shape index (κ2) is 3.78. The van der Waals surface area contributed by atoms with Gasteiger partial charge < -0.3 is 4.40 Å². The van der Waals surface area contributed by atoms with Crippen LogP contribution in [0.1, 0.15) is 38.4 Å². The van der Waals surface area contributed by atoms with Gasteiger partial charge in [0.2, 0.25) is 0 Å². The summed E-state index contributed by atoms with van der Waals surface area (Å²) in [5.74, 6) is 1.66. The number of hydrogen-bond donors (Lipinski definition) is 0. The smallest absolute Gasteiger partial charge is 0.116 e. The van der Waals surface area contributed by atoms with Crippen LogP contribution in [0, 0.1) is 0 Å². The first-order valence-corrected chi connectivity index (χ1v) is 5.10. The minimum atomic E-state index is 0.518. The quantitative estimate of drug-likeness (QED) is 0.743. The van der Waals surface area contributed by atoms with Crippen molar-refractivity contribution < 1.29 is 0 Å². The third-order valence-electron chi connectivity index (χ3n) is 2.53. The molecule has 2 aromatic rings. The molecule has 1 unspecified atom stereocenters. The number of rotatable bonds is 3. The van der Waals surface area contributed by atoms with Crippen molar-refractivity contribution in [2.24, 2.45) is 0 Å². The Morgan fingerprint density at radius 3 is 3.07 bits per heavy atom. The standard InChI is InChI=1S/C11H15N3/c1-3-4-9(2)11-13-8-10-7-12-5-6-14(10)11/h5-9H,3-4H2,1-2H3. The molecule has 0 fully saturated rings. The van der Waals surface area contributed by atoms with Crippen molar-refractivity contribution in [3.63, 3.8) is 0 Å². The van der Waals surface area contributed by atoms with Gasteiger partial charge in [-0.05, 0) is 6.42 Å². The van der Waals surface area contributed by atoms with Crippen LogP contribution in [-0.2, 0) is 0 Å². The zero-order chi connectivity index (χ0) is 9.97. The summed E-state index contributed by atoms with van der Waals surface area (Å²) in [5.41, 5.74) is 1.07. The molecular weight excluding hydrogens is 174 g/mol. The Morgan fingerprint density at radius 2 is 2.29 bits per heavy atom. The third-order valence-corrected chi connectivity index (χ3v) is 2.53. The maximum atomic E-state index is 4.44. The molecule has 0 aliphatic rings. The normalized spacial score (nSPS) is 13.3. The summed E-state index contributed by atoms with van der Waals surface area (Å²) in [4.78, 5) is 8.51. The highest BCUT2D eigenvalue weighted by atomic mass is 15.0. The monoisotopic (exact) mass is 189 g/mol. The summed E-state index contributed by atoms with van der Waals surface area (Å²) >= 11 is 0. The van der Waals surface area contributed by atoms with Gasteiger partial charge in [0.25, 0.3) is 0 Å². The largest absolute Gasteiger partial charge is 0.300 e. The minimum Gasteiger partial charge on any atom is -0.300 e. The molecule has 0 aromatic carbocycles. The summed E-state index contributed by atoms with van der Waals surface area (Å²) in [7, 11) is 0. The van der Waals surface area contributed by atoms with Crippen molar-refractivity contribution in [3.05, 3.63) is 30.6 Å². The van der Waals surface area contributed by atoms with E-state index in [1.54, 1.807) is 6.20 Å². The van der Waals surface area contributed by atoms with Crippen LogP contribution in [0.4, 0.5) is 0 Å². The Hall–Kier alpha value is -1.38. The highest BCUT2D eigenvalue weighted by molar-refractivity contribution is 5.43. The van der Waals surface area contributed by atoms with E-state index in [2.05, 4.69) is 28.2 Å². The summed E-state index contributed by atoms with van der Waals surface area (Å²) in [6.07, 6.45) is 9.88. The Labute approximate surface area is 83.8 Å². The second-order valence-corrected chi connectivity index (χ2v) is 3.68. The first-order chi connectivity index (χ1) is 6.83. The van der Waals surface area contributed by atoms with Crippen molar-refractivity contribution in [1.82, 2.24) is 14.4 Å². The van der Waals surface area contributed by atoms with Gasteiger partial charge in [-0.3, -0.25) is 4.98 Å². The lowest BCUT2D eigenvalue weighted by atomic mass is 10.1. The first kappa shape index (κ1) is 9.19. The average molecular weight is 189 g/mol. The van der Waals surface area contributed by atoms with Crippen LogP contribution in [-0.4, -0.2) is 14.4 Å². The van der Waals surface area contributed by atoms with Gasteiger partial charge in [0, 0.05) is 18.3 Å². The van der Waals surface area contributed by atoms with Crippen LogP contribution < -0.4 is 0 Å². The zero-order valence-corrected chi connectivity index (χ0v) is 8.64. The molecule has 3 heteroatoms. The first-order valence-electron chi connectivity index (χ1n) is 5.10. The molecule has 0 spiro atoms. The molecule has 2 rings (SSSR count). The Balaban J connectivity index is 2.42. The molecule has 0 amide bonds. The molecule has 0 saturated carbocycles. The molecule has 2 aromatic heterocycles. The van der Waals surface area contributed by atoms with Crippen molar-refractivity contribution in [3.8, 4) is 0 Å². The van der Waals surface area contributed by atoms with Crippen molar-refractivity contribution in [2.45, 2.75) is 32.6 Å². The maximum absolute atomic E-state index is 4.44. The fourth-order valence-electron chi connectivity index (χ4n) is 1.80. The van der Waals surface area contributed by atoms with Gasteiger partial charge in [0.15, 0.2) is 0 Å². The van der Waals surface area contributed by atoms with E-state index in [9.17, 15) is 0 Å². The van der Waals surface area contributed by atoms with Gasteiger partial charge in [-0.15, -0.1) is 0 Å². The number of nitrogens with zero attached hydrogens (tertiary/aromatic N) is 3. The molecule has 0 N–H and O–H groups in total.